The SMILES string of the molecule is COC(=O)C1=C[C@H](C)[C@@H](N)[C@H]([C@H](OCC(=O)O)[C@H]2COC(=O)O2)O1. The highest BCUT2D eigenvalue weighted by Gasteiger charge is 2.46. The molecular weight excluding hydrogens is 326 g/mol. The zero-order chi connectivity index (χ0) is 17.9. The van der Waals surface area contributed by atoms with E-state index < -0.39 is 49.1 Å². The largest absolute Gasteiger partial charge is 0.508 e. The van der Waals surface area contributed by atoms with Gasteiger partial charge in [0.1, 0.15) is 25.4 Å². The number of carboxylic acids is 1. The number of ether oxygens (including phenoxy) is 5. The smallest absolute Gasteiger partial charge is 0.480 e. The quantitative estimate of drug-likeness (QED) is 0.599. The summed E-state index contributed by atoms with van der Waals surface area (Å²) in [5, 5.41) is 8.83. The Kier molecular flexibility index (Phi) is 5.62. The molecule has 0 aromatic rings. The Hall–Kier alpha value is -2.33. The van der Waals surface area contributed by atoms with Crippen LogP contribution in [-0.2, 0) is 33.3 Å². The van der Waals surface area contributed by atoms with Crippen LogP contribution in [0.4, 0.5) is 4.79 Å². The molecule has 134 valence electrons. The number of methoxy groups -OCH3 is 1. The average molecular weight is 345 g/mol. The molecule has 24 heavy (non-hydrogen) atoms. The number of carbonyl (C=O) groups is 3. The summed E-state index contributed by atoms with van der Waals surface area (Å²) >= 11 is 0. The first-order chi connectivity index (χ1) is 11.3. The number of rotatable bonds is 6. The van der Waals surface area contributed by atoms with E-state index >= 15 is 0 Å². The van der Waals surface area contributed by atoms with Crippen molar-refractivity contribution in [2.45, 2.75) is 31.3 Å². The van der Waals surface area contributed by atoms with E-state index in [1.807, 2.05) is 0 Å². The molecule has 0 amide bonds. The number of cyclic esters (lactones) is 2. The van der Waals surface area contributed by atoms with Crippen LogP contribution in [0.3, 0.4) is 0 Å². The fourth-order valence-corrected chi connectivity index (χ4v) is 2.50. The van der Waals surface area contributed by atoms with E-state index in [9.17, 15) is 14.4 Å². The molecule has 5 atom stereocenters. The first kappa shape index (κ1) is 18.0. The molecule has 1 saturated heterocycles. The number of hydrogen-bond acceptors (Lipinski definition) is 9. The van der Waals surface area contributed by atoms with Gasteiger partial charge in [0.25, 0.3) is 0 Å². The minimum absolute atomic E-state index is 0.0640. The molecule has 0 saturated carbocycles. The van der Waals surface area contributed by atoms with Gasteiger partial charge in [-0.3, -0.25) is 0 Å². The standard InChI is InChI=1S/C14H19NO9/c1-6-3-7(13(18)20-2)23-12(10(6)15)11(21-5-9(16)17)8-4-22-14(19)24-8/h3,6,8,10-12H,4-5,15H2,1-2H3,(H,16,17)/t6-,8+,10+,11+,12+/m0/s1. The molecule has 0 spiro atoms. The van der Waals surface area contributed by atoms with Gasteiger partial charge in [-0.25, -0.2) is 14.4 Å². The molecule has 0 unspecified atom stereocenters. The van der Waals surface area contributed by atoms with Crippen molar-refractivity contribution in [1.82, 2.24) is 0 Å². The second-order valence-corrected chi connectivity index (χ2v) is 5.43. The van der Waals surface area contributed by atoms with Crippen LogP contribution in [-0.4, -0.2) is 67.9 Å². The average Bonchev–Trinajstić information content (AvgIpc) is 2.96. The summed E-state index contributed by atoms with van der Waals surface area (Å²) in [5.41, 5.74) is 6.11. The van der Waals surface area contributed by atoms with E-state index in [4.69, 9.17) is 29.8 Å². The fraction of sp³-hybridized carbons (Fsp3) is 0.643. The maximum Gasteiger partial charge on any atom is 0.508 e. The summed E-state index contributed by atoms with van der Waals surface area (Å²) in [4.78, 5) is 33.7. The summed E-state index contributed by atoms with van der Waals surface area (Å²) < 4.78 is 25.2. The van der Waals surface area contributed by atoms with Crippen LogP contribution >= 0.6 is 0 Å². The second-order valence-electron chi connectivity index (χ2n) is 5.43. The van der Waals surface area contributed by atoms with Crippen molar-refractivity contribution in [1.29, 1.82) is 0 Å². The van der Waals surface area contributed by atoms with Gasteiger partial charge in [-0.2, -0.15) is 0 Å². The Bertz CT molecular complexity index is 546. The summed E-state index contributed by atoms with van der Waals surface area (Å²) in [5.74, 6) is -2.26. The molecule has 0 aliphatic carbocycles. The normalized spacial score (nSPS) is 30.5. The van der Waals surface area contributed by atoms with Gasteiger partial charge in [0.2, 0.25) is 5.76 Å². The molecule has 2 aliphatic rings. The van der Waals surface area contributed by atoms with E-state index in [1.165, 1.54) is 13.2 Å². The molecular formula is C14H19NO9. The van der Waals surface area contributed by atoms with Crippen molar-refractivity contribution in [2.75, 3.05) is 20.3 Å². The van der Waals surface area contributed by atoms with Crippen LogP contribution in [0.15, 0.2) is 11.8 Å². The molecule has 3 N–H and O–H groups in total. The van der Waals surface area contributed by atoms with Crippen LogP contribution in [0.25, 0.3) is 0 Å². The van der Waals surface area contributed by atoms with Gasteiger partial charge in [0, 0.05) is 0 Å². The number of aliphatic carboxylic acids is 1. The predicted molar refractivity (Wildman–Crippen MR) is 75.7 cm³/mol. The fourth-order valence-electron chi connectivity index (χ4n) is 2.50. The van der Waals surface area contributed by atoms with E-state index in [0.29, 0.717) is 0 Å². The summed E-state index contributed by atoms with van der Waals surface area (Å²) in [6.45, 7) is 0.965. The van der Waals surface area contributed by atoms with Crippen LogP contribution < -0.4 is 5.73 Å². The maximum absolute atomic E-state index is 11.7. The van der Waals surface area contributed by atoms with Crippen molar-refractivity contribution in [3.63, 3.8) is 0 Å². The van der Waals surface area contributed by atoms with Gasteiger partial charge in [-0.05, 0) is 12.0 Å². The highest BCUT2D eigenvalue weighted by molar-refractivity contribution is 5.86. The lowest BCUT2D eigenvalue weighted by Gasteiger charge is -2.38. The van der Waals surface area contributed by atoms with Crippen molar-refractivity contribution in [2.24, 2.45) is 11.7 Å². The highest BCUT2D eigenvalue weighted by atomic mass is 16.8. The number of carbonyl (C=O) groups excluding carboxylic acids is 2. The molecule has 0 aromatic carbocycles. The molecule has 1 fully saturated rings. The molecule has 2 rings (SSSR count). The third-order valence-electron chi connectivity index (χ3n) is 3.75. The van der Waals surface area contributed by atoms with Gasteiger partial charge >= 0.3 is 18.1 Å². The molecule has 0 bridgehead atoms. The van der Waals surface area contributed by atoms with Crippen LogP contribution in [0.2, 0.25) is 0 Å². The van der Waals surface area contributed by atoms with Gasteiger partial charge in [-0.1, -0.05) is 6.92 Å². The highest BCUT2D eigenvalue weighted by Crippen LogP contribution is 2.29. The number of nitrogens with two attached hydrogens (primary N) is 1. The molecule has 2 aliphatic heterocycles. The van der Waals surface area contributed by atoms with Crippen LogP contribution in [0, 0.1) is 5.92 Å². The minimum atomic E-state index is -1.22. The first-order valence-electron chi connectivity index (χ1n) is 7.22. The molecule has 0 aromatic heterocycles. The predicted octanol–water partition coefficient (Wildman–Crippen LogP) is -0.589. The summed E-state index contributed by atoms with van der Waals surface area (Å²) in [7, 11) is 1.20. The van der Waals surface area contributed by atoms with Gasteiger partial charge in [0.05, 0.1) is 13.2 Å². The Morgan fingerprint density at radius 3 is 2.71 bits per heavy atom. The monoisotopic (exact) mass is 345 g/mol. The van der Waals surface area contributed by atoms with Crippen LogP contribution in [0.5, 0.6) is 0 Å². The molecule has 10 nitrogen and oxygen atoms in total. The number of esters is 1. The summed E-state index contributed by atoms with van der Waals surface area (Å²) in [6.07, 6.45) is -2.25. The van der Waals surface area contributed by atoms with Gasteiger partial charge in [-0.15, -0.1) is 0 Å². The topological polar surface area (TPSA) is 144 Å². The third-order valence-corrected chi connectivity index (χ3v) is 3.75. The first-order valence-corrected chi connectivity index (χ1v) is 7.22. The Morgan fingerprint density at radius 1 is 1.46 bits per heavy atom. The minimum Gasteiger partial charge on any atom is -0.480 e. The van der Waals surface area contributed by atoms with Crippen LogP contribution in [0.1, 0.15) is 6.92 Å². The lowest BCUT2D eigenvalue weighted by Crippen LogP contribution is -2.56. The lowest BCUT2D eigenvalue weighted by molar-refractivity contribution is -0.160. The maximum atomic E-state index is 11.7. The number of carboxylic acid groups (broad SMARTS) is 1. The van der Waals surface area contributed by atoms with Crippen molar-refractivity contribution in [3.8, 4) is 0 Å². The Morgan fingerprint density at radius 2 is 2.17 bits per heavy atom. The Balaban J connectivity index is 2.22. The zero-order valence-corrected chi connectivity index (χ0v) is 13.2. The number of hydrogen-bond donors (Lipinski definition) is 2. The van der Waals surface area contributed by atoms with E-state index in [-0.39, 0.29) is 18.3 Å². The summed E-state index contributed by atoms with van der Waals surface area (Å²) in [6, 6.07) is -0.628. The Labute approximate surface area is 137 Å². The third kappa shape index (κ3) is 3.95. The second kappa shape index (κ2) is 7.49. The zero-order valence-electron chi connectivity index (χ0n) is 13.2. The van der Waals surface area contributed by atoms with E-state index in [0.717, 1.165) is 0 Å². The van der Waals surface area contributed by atoms with Crippen molar-refractivity contribution < 1.29 is 43.2 Å². The molecule has 2 heterocycles. The van der Waals surface area contributed by atoms with Gasteiger partial charge < -0.3 is 34.5 Å². The molecule has 10 heteroatoms. The van der Waals surface area contributed by atoms with E-state index in [1.54, 1.807) is 6.92 Å². The lowest BCUT2D eigenvalue weighted by atomic mass is 9.89. The van der Waals surface area contributed by atoms with E-state index in [2.05, 4.69) is 4.74 Å². The van der Waals surface area contributed by atoms with Crippen molar-refractivity contribution >= 4 is 18.1 Å². The molecule has 0 radical (unpaired) electrons. The van der Waals surface area contributed by atoms with Crippen molar-refractivity contribution in [3.05, 3.63) is 11.8 Å². The van der Waals surface area contributed by atoms with Gasteiger partial charge in [0.15, 0.2) is 6.10 Å².